The Morgan fingerprint density at radius 1 is 0.826 bits per heavy atom. The Kier molecular flexibility index (Phi) is 12.0. The van der Waals surface area contributed by atoms with Gasteiger partial charge in [0.05, 0.1) is 0 Å². The molecule has 138 valence electrons. The molecule has 0 radical (unpaired) electrons. The van der Waals surface area contributed by atoms with Crippen molar-refractivity contribution in [3.05, 3.63) is 11.6 Å². The molecule has 0 rings (SSSR count). The molecule has 0 aromatic heterocycles. The van der Waals surface area contributed by atoms with Crippen molar-refractivity contribution in [1.29, 1.82) is 0 Å². The van der Waals surface area contributed by atoms with Crippen molar-refractivity contribution < 1.29 is 0 Å². The number of rotatable bonds is 12. The van der Waals surface area contributed by atoms with E-state index in [4.69, 9.17) is 0 Å². The fourth-order valence-corrected chi connectivity index (χ4v) is 2.88. The minimum atomic E-state index is 0.384. The fraction of sp³-hybridized carbons (Fsp3) is 0.909. The second-order valence-electron chi connectivity index (χ2n) is 9.64. The van der Waals surface area contributed by atoms with Gasteiger partial charge in [-0.3, -0.25) is 0 Å². The van der Waals surface area contributed by atoms with Crippen molar-refractivity contribution in [2.75, 3.05) is 13.1 Å². The van der Waals surface area contributed by atoms with Gasteiger partial charge in [-0.15, -0.1) is 0 Å². The topological polar surface area (TPSA) is 12.0 Å². The molecule has 0 heterocycles. The molecule has 0 saturated heterocycles. The molecule has 0 aliphatic rings. The van der Waals surface area contributed by atoms with Gasteiger partial charge in [-0.25, -0.2) is 0 Å². The predicted molar refractivity (Wildman–Crippen MR) is 107 cm³/mol. The van der Waals surface area contributed by atoms with Crippen LogP contribution in [0.1, 0.15) is 106 Å². The van der Waals surface area contributed by atoms with Gasteiger partial charge in [-0.1, -0.05) is 92.2 Å². The summed E-state index contributed by atoms with van der Waals surface area (Å²) in [6.07, 6.45) is 14.5. The summed E-state index contributed by atoms with van der Waals surface area (Å²) in [5.41, 5.74) is 2.43. The van der Waals surface area contributed by atoms with E-state index < -0.39 is 0 Å². The Morgan fingerprint density at radius 2 is 1.43 bits per heavy atom. The van der Waals surface area contributed by atoms with Gasteiger partial charge < -0.3 is 5.32 Å². The summed E-state index contributed by atoms with van der Waals surface area (Å²) < 4.78 is 0. The molecule has 0 aliphatic carbocycles. The molecule has 0 bridgehead atoms. The second-order valence-corrected chi connectivity index (χ2v) is 9.64. The summed E-state index contributed by atoms with van der Waals surface area (Å²) in [5, 5.41) is 3.68. The van der Waals surface area contributed by atoms with Crippen LogP contribution in [0.5, 0.6) is 0 Å². The standard InChI is InChI=1S/C22H45N/c1-8-9-10-11-12-13-17-23-19-20(18-22(5,6)7)15-14-16-21(2,3)4/h15,23H,8-14,16-19H2,1-7H3/b20-15-. The Hall–Kier alpha value is -0.300. The Bertz CT molecular complexity index is 301. The molecule has 1 heteroatoms. The molecule has 0 aromatic carbocycles. The lowest BCUT2D eigenvalue weighted by atomic mass is 9.86. The summed E-state index contributed by atoms with van der Waals surface area (Å²) >= 11 is 0. The summed E-state index contributed by atoms with van der Waals surface area (Å²) in [5.74, 6) is 0. The third kappa shape index (κ3) is 17.9. The summed E-state index contributed by atoms with van der Waals surface area (Å²) in [6, 6.07) is 0. The van der Waals surface area contributed by atoms with E-state index in [2.05, 4.69) is 59.9 Å². The summed E-state index contributed by atoms with van der Waals surface area (Å²) in [7, 11) is 0. The lowest BCUT2D eigenvalue weighted by Crippen LogP contribution is -2.21. The minimum absolute atomic E-state index is 0.384. The number of hydrogen-bond acceptors (Lipinski definition) is 1. The molecule has 0 amide bonds. The van der Waals surface area contributed by atoms with Crippen LogP contribution in [0.15, 0.2) is 11.6 Å². The summed E-state index contributed by atoms with van der Waals surface area (Å²) in [4.78, 5) is 0. The minimum Gasteiger partial charge on any atom is -0.313 e. The van der Waals surface area contributed by atoms with Gasteiger partial charge in [0, 0.05) is 6.54 Å². The Labute approximate surface area is 147 Å². The van der Waals surface area contributed by atoms with Crippen LogP contribution in [0, 0.1) is 10.8 Å². The normalized spacial score (nSPS) is 13.6. The maximum absolute atomic E-state index is 3.68. The molecule has 0 unspecified atom stereocenters. The zero-order chi connectivity index (χ0) is 17.8. The molecular formula is C22H45N. The van der Waals surface area contributed by atoms with Crippen molar-refractivity contribution in [3.8, 4) is 0 Å². The van der Waals surface area contributed by atoms with Crippen molar-refractivity contribution >= 4 is 0 Å². The molecular weight excluding hydrogens is 278 g/mol. The highest BCUT2D eigenvalue weighted by atomic mass is 14.8. The van der Waals surface area contributed by atoms with E-state index in [1.54, 1.807) is 5.57 Å². The predicted octanol–water partition coefficient (Wildman–Crippen LogP) is 7.13. The molecule has 0 aliphatic heterocycles. The highest BCUT2D eigenvalue weighted by molar-refractivity contribution is 5.06. The molecule has 0 spiro atoms. The number of nitrogens with one attached hydrogen (secondary N) is 1. The maximum atomic E-state index is 3.68. The molecule has 1 nitrogen and oxygen atoms in total. The van der Waals surface area contributed by atoms with Gasteiger partial charge >= 0.3 is 0 Å². The van der Waals surface area contributed by atoms with Crippen molar-refractivity contribution in [2.24, 2.45) is 10.8 Å². The van der Waals surface area contributed by atoms with Crippen LogP contribution < -0.4 is 5.32 Å². The van der Waals surface area contributed by atoms with Gasteiger partial charge in [0.25, 0.3) is 0 Å². The molecule has 1 N–H and O–H groups in total. The van der Waals surface area contributed by atoms with Gasteiger partial charge in [-0.2, -0.15) is 0 Å². The molecule has 0 aromatic rings. The van der Waals surface area contributed by atoms with Crippen molar-refractivity contribution in [3.63, 3.8) is 0 Å². The smallest absolute Gasteiger partial charge is 0.0164 e. The van der Waals surface area contributed by atoms with E-state index in [9.17, 15) is 0 Å². The Balaban J connectivity index is 4.05. The van der Waals surface area contributed by atoms with Gasteiger partial charge in [-0.05, 0) is 43.1 Å². The van der Waals surface area contributed by atoms with E-state index >= 15 is 0 Å². The van der Waals surface area contributed by atoms with Crippen LogP contribution >= 0.6 is 0 Å². The van der Waals surface area contributed by atoms with E-state index in [0.29, 0.717) is 10.8 Å². The Morgan fingerprint density at radius 3 is 2.00 bits per heavy atom. The van der Waals surface area contributed by atoms with Crippen LogP contribution in [0.4, 0.5) is 0 Å². The maximum Gasteiger partial charge on any atom is 0.0164 e. The SMILES string of the molecule is CCCCCCCCNC/C(=C\CCC(C)(C)C)CC(C)(C)C. The largest absolute Gasteiger partial charge is 0.313 e. The lowest BCUT2D eigenvalue weighted by Gasteiger charge is -2.22. The molecule has 0 atom stereocenters. The first-order valence-electron chi connectivity index (χ1n) is 10.0. The van der Waals surface area contributed by atoms with Crippen LogP contribution in [0.3, 0.4) is 0 Å². The number of unbranched alkanes of at least 4 members (excludes halogenated alkanes) is 5. The van der Waals surface area contributed by atoms with E-state index in [0.717, 1.165) is 6.54 Å². The number of hydrogen-bond donors (Lipinski definition) is 1. The van der Waals surface area contributed by atoms with Crippen molar-refractivity contribution in [2.45, 2.75) is 106 Å². The third-order valence-electron chi connectivity index (χ3n) is 4.14. The van der Waals surface area contributed by atoms with Crippen LogP contribution in [0.25, 0.3) is 0 Å². The molecule has 0 saturated carbocycles. The van der Waals surface area contributed by atoms with E-state index in [1.807, 2.05) is 0 Å². The van der Waals surface area contributed by atoms with Crippen LogP contribution in [0.2, 0.25) is 0 Å². The quantitative estimate of drug-likeness (QED) is 0.297. The first-order valence-corrected chi connectivity index (χ1v) is 10.0. The fourth-order valence-electron chi connectivity index (χ4n) is 2.88. The highest BCUT2D eigenvalue weighted by Gasteiger charge is 2.14. The zero-order valence-corrected chi connectivity index (χ0v) is 17.4. The average Bonchev–Trinajstić information content (AvgIpc) is 2.38. The van der Waals surface area contributed by atoms with Crippen molar-refractivity contribution in [1.82, 2.24) is 5.32 Å². The van der Waals surface area contributed by atoms with E-state index in [-0.39, 0.29) is 0 Å². The van der Waals surface area contributed by atoms with Crippen LogP contribution in [-0.2, 0) is 0 Å². The zero-order valence-electron chi connectivity index (χ0n) is 17.4. The van der Waals surface area contributed by atoms with Gasteiger partial charge in [0.2, 0.25) is 0 Å². The monoisotopic (exact) mass is 323 g/mol. The van der Waals surface area contributed by atoms with Gasteiger partial charge in [0.1, 0.15) is 0 Å². The highest BCUT2D eigenvalue weighted by Crippen LogP contribution is 2.26. The summed E-state index contributed by atoms with van der Waals surface area (Å²) in [6.45, 7) is 18.6. The first kappa shape index (κ1) is 22.7. The third-order valence-corrected chi connectivity index (χ3v) is 4.14. The number of allylic oxidation sites excluding steroid dienone is 1. The molecule has 0 fully saturated rings. The lowest BCUT2D eigenvalue weighted by molar-refractivity contribution is 0.378. The van der Waals surface area contributed by atoms with E-state index in [1.165, 1.54) is 64.3 Å². The van der Waals surface area contributed by atoms with Gasteiger partial charge in [0.15, 0.2) is 0 Å². The molecule has 23 heavy (non-hydrogen) atoms. The first-order chi connectivity index (χ1) is 10.6. The van der Waals surface area contributed by atoms with Crippen LogP contribution in [-0.4, -0.2) is 13.1 Å². The second kappa shape index (κ2) is 12.1. The average molecular weight is 324 g/mol.